The molecule has 5 nitrogen and oxygen atoms in total. The Kier molecular flexibility index (Phi) is 4.78. The second-order valence-corrected chi connectivity index (χ2v) is 3.62. The molecule has 0 aliphatic heterocycles. The van der Waals surface area contributed by atoms with Gasteiger partial charge in [-0.3, -0.25) is 0 Å². The number of carboxylic acid groups (broad SMARTS) is 1. The van der Waals surface area contributed by atoms with E-state index in [1.807, 2.05) is 6.07 Å². The van der Waals surface area contributed by atoms with E-state index in [0.717, 1.165) is 12.0 Å². The van der Waals surface area contributed by atoms with Crippen molar-refractivity contribution in [3.05, 3.63) is 23.8 Å². The number of rotatable bonds is 6. The number of nitrogens with two attached hydrogens (primary N) is 1. The Labute approximate surface area is 100 Å². The highest BCUT2D eigenvalue weighted by atomic mass is 16.5. The summed E-state index contributed by atoms with van der Waals surface area (Å²) in [7, 11) is 1.51. The Balaban J connectivity index is 2.88. The van der Waals surface area contributed by atoms with Gasteiger partial charge in [0.15, 0.2) is 17.6 Å². The molecule has 0 bridgehead atoms. The summed E-state index contributed by atoms with van der Waals surface area (Å²) >= 11 is 0. The van der Waals surface area contributed by atoms with E-state index < -0.39 is 12.1 Å². The fourth-order valence-corrected chi connectivity index (χ4v) is 1.37. The molecule has 0 amide bonds. The lowest BCUT2D eigenvalue weighted by Crippen LogP contribution is -2.23. The molecule has 0 aromatic heterocycles. The molecule has 5 heteroatoms. The molecule has 0 heterocycles. The van der Waals surface area contributed by atoms with Gasteiger partial charge in [0.2, 0.25) is 0 Å². The largest absolute Gasteiger partial charge is 0.493 e. The van der Waals surface area contributed by atoms with Crippen molar-refractivity contribution in [3.63, 3.8) is 0 Å². The highest BCUT2D eigenvalue weighted by Crippen LogP contribution is 2.29. The first kappa shape index (κ1) is 13.3. The molecule has 1 aromatic rings. The lowest BCUT2D eigenvalue weighted by atomic mass is 10.1. The number of methoxy groups -OCH3 is 1. The summed E-state index contributed by atoms with van der Waals surface area (Å²) in [5, 5.41) is 8.76. The molecule has 1 rings (SSSR count). The lowest BCUT2D eigenvalue weighted by molar-refractivity contribution is -0.144. The number of ether oxygens (including phenoxy) is 2. The summed E-state index contributed by atoms with van der Waals surface area (Å²) in [4.78, 5) is 10.7. The number of carboxylic acids is 1. The zero-order valence-electron chi connectivity index (χ0n) is 9.97. The van der Waals surface area contributed by atoms with Crippen molar-refractivity contribution in [1.82, 2.24) is 0 Å². The zero-order valence-corrected chi connectivity index (χ0v) is 9.97. The number of aliphatic carboxylic acids is 1. The second-order valence-electron chi connectivity index (χ2n) is 3.62. The van der Waals surface area contributed by atoms with Gasteiger partial charge in [0, 0.05) is 0 Å². The molecule has 0 radical (unpaired) electrons. The first-order valence-electron chi connectivity index (χ1n) is 5.35. The van der Waals surface area contributed by atoms with Gasteiger partial charge < -0.3 is 20.3 Å². The predicted octanol–water partition coefficient (Wildman–Crippen LogP) is 1.05. The Morgan fingerprint density at radius 2 is 2.18 bits per heavy atom. The first-order valence-corrected chi connectivity index (χ1v) is 5.35. The van der Waals surface area contributed by atoms with Gasteiger partial charge in [0.1, 0.15) is 0 Å². The molecule has 0 aliphatic carbocycles. The highest BCUT2D eigenvalue weighted by Gasteiger charge is 2.15. The van der Waals surface area contributed by atoms with Crippen LogP contribution in [0.15, 0.2) is 18.2 Å². The molecule has 1 aromatic carbocycles. The monoisotopic (exact) mass is 239 g/mol. The van der Waals surface area contributed by atoms with E-state index in [1.165, 1.54) is 14.0 Å². The van der Waals surface area contributed by atoms with Gasteiger partial charge in [-0.15, -0.1) is 0 Å². The van der Waals surface area contributed by atoms with E-state index in [9.17, 15) is 4.79 Å². The van der Waals surface area contributed by atoms with Crippen molar-refractivity contribution in [2.24, 2.45) is 5.73 Å². The highest BCUT2D eigenvalue weighted by molar-refractivity contribution is 5.72. The van der Waals surface area contributed by atoms with Gasteiger partial charge >= 0.3 is 5.97 Å². The van der Waals surface area contributed by atoms with Crippen LogP contribution >= 0.6 is 0 Å². The maximum absolute atomic E-state index is 10.7. The molecular formula is C12H17NO4. The molecule has 0 spiro atoms. The van der Waals surface area contributed by atoms with Crippen molar-refractivity contribution in [2.45, 2.75) is 19.4 Å². The van der Waals surface area contributed by atoms with Crippen LogP contribution < -0.4 is 15.2 Å². The maximum Gasteiger partial charge on any atom is 0.344 e. The third-order valence-corrected chi connectivity index (χ3v) is 2.31. The molecule has 1 unspecified atom stereocenters. The Hall–Kier alpha value is -1.75. The fourth-order valence-electron chi connectivity index (χ4n) is 1.37. The quantitative estimate of drug-likeness (QED) is 0.775. The summed E-state index contributed by atoms with van der Waals surface area (Å²) in [6, 6.07) is 5.35. The minimum Gasteiger partial charge on any atom is -0.493 e. The molecule has 17 heavy (non-hydrogen) atoms. The van der Waals surface area contributed by atoms with Crippen LogP contribution in [0.3, 0.4) is 0 Å². The molecule has 0 aliphatic rings. The van der Waals surface area contributed by atoms with Gasteiger partial charge in [-0.05, 0) is 37.6 Å². The fraction of sp³-hybridized carbons (Fsp3) is 0.417. The van der Waals surface area contributed by atoms with E-state index in [-0.39, 0.29) is 0 Å². The molecule has 1 atom stereocenters. The minimum atomic E-state index is -1.02. The van der Waals surface area contributed by atoms with Crippen LogP contribution in [0.4, 0.5) is 0 Å². The van der Waals surface area contributed by atoms with Crippen molar-refractivity contribution in [1.29, 1.82) is 0 Å². The predicted molar refractivity (Wildman–Crippen MR) is 63.5 cm³/mol. The van der Waals surface area contributed by atoms with Crippen LogP contribution in [0.25, 0.3) is 0 Å². The lowest BCUT2D eigenvalue weighted by Gasteiger charge is -2.14. The van der Waals surface area contributed by atoms with Crippen molar-refractivity contribution in [2.75, 3.05) is 13.7 Å². The number of benzene rings is 1. The van der Waals surface area contributed by atoms with Crippen molar-refractivity contribution < 1.29 is 19.4 Å². The zero-order chi connectivity index (χ0) is 12.8. The van der Waals surface area contributed by atoms with E-state index in [1.54, 1.807) is 12.1 Å². The normalized spacial score (nSPS) is 11.9. The Morgan fingerprint density at radius 1 is 1.47 bits per heavy atom. The van der Waals surface area contributed by atoms with Crippen LogP contribution in [-0.2, 0) is 11.2 Å². The van der Waals surface area contributed by atoms with E-state index in [0.29, 0.717) is 18.0 Å². The number of carbonyl (C=O) groups is 1. The molecule has 94 valence electrons. The molecule has 3 N–H and O–H groups in total. The van der Waals surface area contributed by atoms with Crippen molar-refractivity contribution >= 4 is 5.97 Å². The third-order valence-electron chi connectivity index (χ3n) is 2.31. The topological polar surface area (TPSA) is 81.8 Å². The van der Waals surface area contributed by atoms with E-state index in [2.05, 4.69) is 0 Å². The second kappa shape index (κ2) is 6.10. The molecular weight excluding hydrogens is 222 g/mol. The summed E-state index contributed by atoms with van der Waals surface area (Å²) in [5.41, 5.74) is 6.49. The van der Waals surface area contributed by atoms with E-state index >= 15 is 0 Å². The first-order chi connectivity index (χ1) is 8.08. The SMILES string of the molecule is COc1cc(CCN)ccc1OC(C)C(=O)O. The Morgan fingerprint density at radius 3 is 2.71 bits per heavy atom. The van der Waals surface area contributed by atoms with Crippen LogP contribution in [0.1, 0.15) is 12.5 Å². The Bertz CT molecular complexity index is 392. The molecule has 0 saturated heterocycles. The summed E-state index contributed by atoms with van der Waals surface area (Å²) in [6.45, 7) is 2.02. The van der Waals surface area contributed by atoms with Crippen molar-refractivity contribution in [3.8, 4) is 11.5 Å². The van der Waals surface area contributed by atoms with Crippen LogP contribution in [0, 0.1) is 0 Å². The maximum atomic E-state index is 10.7. The molecule has 0 fully saturated rings. The average Bonchev–Trinajstić information content (AvgIpc) is 2.31. The van der Waals surface area contributed by atoms with Crippen LogP contribution in [-0.4, -0.2) is 30.8 Å². The summed E-state index contributed by atoms with van der Waals surface area (Å²) in [5.74, 6) is -0.0784. The average molecular weight is 239 g/mol. The van der Waals surface area contributed by atoms with Crippen LogP contribution in [0.5, 0.6) is 11.5 Å². The minimum absolute atomic E-state index is 0.420. The van der Waals surface area contributed by atoms with Gasteiger partial charge in [-0.1, -0.05) is 6.07 Å². The molecule has 0 saturated carbocycles. The smallest absolute Gasteiger partial charge is 0.344 e. The summed E-state index contributed by atoms with van der Waals surface area (Å²) < 4.78 is 10.4. The van der Waals surface area contributed by atoms with Gasteiger partial charge in [-0.2, -0.15) is 0 Å². The number of hydrogen-bond acceptors (Lipinski definition) is 4. The van der Waals surface area contributed by atoms with Gasteiger partial charge in [-0.25, -0.2) is 4.79 Å². The van der Waals surface area contributed by atoms with Crippen LogP contribution in [0.2, 0.25) is 0 Å². The van der Waals surface area contributed by atoms with Gasteiger partial charge in [0.05, 0.1) is 7.11 Å². The van der Waals surface area contributed by atoms with E-state index in [4.69, 9.17) is 20.3 Å². The third kappa shape index (κ3) is 3.64. The summed E-state index contributed by atoms with van der Waals surface area (Å²) in [6.07, 6.45) is -0.172. The standard InChI is InChI=1S/C12H17NO4/c1-8(12(14)15)17-10-4-3-9(5-6-13)7-11(10)16-2/h3-4,7-8H,5-6,13H2,1-2H3,(H,14,15). The number of hydrogen-bond donors (Lipinski definition) is 2. The van der Waals surface area contributed by atoms with Gasteiger partial charge in [0.25, 0.3) is 0 Å².